The summed E-state index contributed by atoms with van der Waals surface area (Å²) in [4.78, 5) is 14.6. The number of aromatic nitrogens is 1. The number of carbonyl (C=O) groups is 1. The van der Waals surface area contributed by atoms with E-state index in [2.05, 4.69) is 5.16 Å². The van der Waals surface area contributed by atoms with Crippen molar-refractivity contribution >= 4 is 5.91 Å². The first kappa shape index (κ1) is 16.4. The average molecular weight is 354 g/mol. The maximum Gasteiger partial charge on any atom is 0.276 e. The first-order valence-electron chi connectivity index (χ1n) is 8.41. The van der Waals surface area contributed by atoms with Crippen molar-refractivity contribution in [1.29, 1.82) is 0 Å². The van der Waals surface area contributed by atoms with Crippen LogP contribution in [0, 0.1) is 11.6 Å². The van der Waals surface area contributed by atoms with E-state index >= 15 is 0 Å². The fourth-order valence-corrected chi connectivity index (χ4v) is 3.31. The van der Waals surface area contributed by atoms with Crippen molar-refractivity contribution in [2.45, 2.75) is 18.9 Å². The van der Waals surface area contributed by atoms with E-state index in [1.165, 1.54) is 24.3 Å². The Bertz CT molecular complexity index is 920. The topological polar surface area (TPSA) is 46.3 Å². The second kappa shape index (κ2) is 6.71. The van der Waals surface area contributed by atoms with Gasteiger partial charge in [0.1, 0.15) is 11.6 Å². The molecule has 3 aromatic rings. The van der Waals surface area contributed by atoms with Crippen LogP contribution >= 0.6 is 0 Å². The summed E-state index contributed by atoms with van der Waals surface area (Å²) in [6, 6.07) is 13.5. The van der Waals surface area contributed by atoms with E-state index in [1.807, 2.05) is 0 Å². The van der Waals surface area contributed by atoms with Crippen molar-refractivity contribution < 1.29 is 18.1 Å². The highest BCUT2D eigenvalue weighted by molar-refractivity contribution is 5.93. The molecular weight excluding hydrogens is 338 g/mol. The molecule has 0 aliphatic carbocycles. The van der Waals surface area contributed by atoms with E-state index < -0.39 is 0 Å². The maximum atomic E-state index is 13.2. The van der Waals surface area contributed by atoms with Gasteiger partial charge in [-0.25, -0.2) is 8.78 Å². The van der Waals surface area contributed by atoms with E-state index in [0.29, 0.717) is 17.9 Å². The average Bonchev–Trinajstić information content (AvgIpc) is 3.32. The predicted octanol–water partition coefficient (Wildman–Crippen LogP) is 4.60. The zero-order valence-electron chi connectivity index (χ0n) is 13.9. The summed E-state index contributed by atoms with van der Waals surface area (Å²) < 4.78 is 31.5. The molecule has 132 valence electrons. The molecule has 1 atom stereocenters. The van der Waals surface area contributed by atoms with Gasteiger partial charge in [0.15, 0.2) is 11.5 Å². The van der Waals surface area contributed by atoms with Crippen LogP contribution in [0.5, 0.6) is 0 Å². The molecule has 1 fully saturated rings. The fraction of sp³-hybridized carbons (Fsp3) is 0.200. The van der Waals surface area contributed by atoms with Crippen LogP contribution in [0.3, 0.4) is 0 Å². The monoisotopic (exact) mass is 354 g/mol. The Kier molecular flexibility index (Phi) is 4.24. The molecule has 1 aliphatic rings. The molecule has 0 saturated carbocycles. The van der Waals surface area contributed by atoms with Crippen LogP contribution in [0.1, 0.15) is 34.9 Å². The third kappa shape index (κ3) is 3.10. The molecule has 0 N–H and O–H groups in total. The number of likely N-dealkylation sites (tertiary alicyclic amines) is 1. The number of carbonyl (C=O) groups excluding carboxylic acids is 1. The molecule has 1 unspecified atom stereocenters. The molecule has 6 heteroatoms. The van der Waals surface area contributed by atoms with Crippen molar-refractivity contribution in [3.8, 4) is 11.3 Å². The van der Waals surface area contributed by atoms with Crippen molar-refractivity contribution in [2.75, 3.05) is 6.54 Å². The molecule has 2 aromatic carbocycles. The van der Waals surface area contributed by atoms with Crippen molar-refractivity contribution in [1.82, 2.24) is 10.1 Å². The van der Waals surface area contributed by atoms with E-state index in [1.54, 1.807) is 35.2 Å². The van der Waals surface area contributed by atoms with Crippen LogP contribution in [0.15, 0.2) is 59.1 Å². The van der Waals surface area contributed by atoms with Gasteiger partial charge in [0.25, 0.3) is 5.91 Å². The number of hydrogen-bond acceptors (Lipinski definition) is 3. The zero-order valence-corrected chi connectivity index (χ0v) is 13.9. The lowest BCUT2D eigenvalue weighted by Gasteiger charge is -2.24. The summed E-state index contributed by atoms with van der Waals surface area (Å²) in [5.74, 6) is -0.464. The number of amides is 1. The Hall–Kier alpha value is -3.02. The Morgan fingerprint density at radius 3 is 2.38 bits per heavy atom. The van der Waals surface area contributed by atoms with Crippen LogP contribution in [0.25, 0.3) is 11.3 Å². The molecule has 0 radical (unpaired) electrons. The molecule has 4 rings (SSSR count). The van der Waals surface area contributed by atoms with E-state index in [0.717, 1.165) is 18.4 Å². The summed E-state index contributed by atoms with van der Waals surface area (Å²) in [5, 5.41) is 3.88. The van der Waals surface area contributed by atoms with Crippen LogP contribution in [0.4, 0.5) is 8.78 Å². The highest BCUT2D eigenvalue weighted by Crippen LogP contribution is 2.33. The van der Waals surface area contributed by atoms with E-state index in [4.69, 9.17) is 4.52 Å². The van der Waals surface area contributed by atoms with Gasteiger partial charge in [-0.2, -0.15) is 0 Å². The Morgan fingerprint density at radius 2 is 1.69 bits per heavy atom. The normalized spacial score (nSPS) is 16.8. The van der Waals surface area contributed by atoms with Gasteiger partial charge in [-0.1, -0.05) is 17.3 Å². The van der Waals surface area contributed by atoms with Gasteiger partial charge in [0.2, 0.25) is 0 Å². The molecule has 26 heavy (non-hydrogen) atoms. The molecule has 1 aromatic heterocycles. The molecule has 2 heterocycles. The second-order valence-electron chi connectivity index (χ2n) is 6.29. The predicted molar refractivity (Wildman–Crippen MR) is 91.3 cm³/mol. The van der Waals surface area contributed by atoms with Gasteiger partial charge < -0.3 is 9.42 Å². The second-order valence-corrected chi connectivity index (χ2v) is 6.29. The summed E-state index contributed by atoms with van der Waals surface area (Å²) in [6.07, 6.45) is 1.69. The van der Waals surface area contributed by atoms with Gasteiger partial charge in [-0.05, 0) is 54.8 Å². The smallest absolute Gasteiger partial charge is 0.276 e. The Balaban J connectivity index is 1.57. The van der Waals surface area contributed by atoms with Crippen LogP contribution in [0.2, 0.25) is 0 Å². The number of rotatable bonds is 3. The van der Waals surface area contributed by atoms with E-state index in [-0.39, 0.29) is 29.3 Å². The minimum Gasteiger partial charge on any atom is -0.355 e. The first-order chi connectivity index (χ1) is 12.6. The largest absolute Gasteiger partial charge is 0.355 e. The molecule has 1 aliphatic heterocycles. The minimum atomic E-state index is -0.344. The quantitative estimate of drug-likeness (QED) is 0.691. The number of hydrogen-bond donors (Lipinski definition) is 0. The summed E-state index contributed by atoms with van der Waals surface area (Å²) in [6.45, 7) is 0.611. The lowest BCUT2D eigenvalue weighted by molar-refractivity contribution is 0.0725. The van der Waals surface area contributed by atoms with Crippen LogP contribution in [-0.4, -0.2) is 22.5 Å². The Morgan fingerprint density at radius 1 is 1.04 bits per heavy atom. The summed E-state index contributed by atoms with van der Waals surface area (Å²) >= 11 is 0. The third-order valence-electron chi connectivity index (χ3n) is 4.63. The number of nitrogens with zero attached hydrogens (tertiary/aromatic N) is 2. The van der Waals surface area contributed by atoms with Crippen LogP contribution < -0.4 is 0 Å². The summed E-state index contributed by atoms with van der Waals surface area (Å²) in [7, 11) is 0. The lowest BCUT2D eigenvalue weighted by atomic mass is 10.0. The molecule has 1 amide bonds. The standard InChI is InChI=1S/C20H16F2N2O2/c21-15-7-3-13(4-8-15)18-2-1-11-24(18)20(25)17-12-19(26-23-17)14-5-9-16(22)10-6-14/h3-10,12,18H,1-2,11H2. The van der Waals surface area contributed by atoms with Crippen LogP contribution in [-0.2, 0) is 0 Å². The van der Waals surface area contributed by atoms with Gasteiger partial charge in [0.05, 0.1) is 6.04 Å². The van der Waals surface area contributed by atoms with Gasteiger partial charge >= 0.3 is 0 Å². The minimum absolute atomic E-state index is 0.103. The highest BCUT2D eigenvalue weighted by atomic mass is 19.1. The van der Waals surface area contributed by atoms with Crippen molar-refractivity contribution in [2.24, 2.45) is 0 Å². The SMILES string of the molecule is O=C(c1cc(-c2ccc(F)cc2)on1)N1CCCC1c1ccc(F)cc1. The van der Waals surface area contributed by atoms with Gasteiger partial charge in [-0.15, -0.1) is 0 Å². The first-order valence-corrected chi connectivity index (χ1v) is 8.41. The van der Waals surface area contributed by atoms with Gasteiger partial charge in [0, 0.05) is 18.2 Å². The molecular formula is C20H16F2N2O2. The third-order valence-corrected chi connectivity index (χ3v) is 4.63. The highest BCUT2D eigenvalue weighted by Gasteiger charge is 2.32. The molecule has 0 spiro atoms. The molecule has 4 nitrogen and oxygen atoms in total. The maximum absolute atomic E-state index is 13.2. The van der Waals surface area contributed by atoms with Crippen molar-refractivity contribution in [3.05, 3.63) is 77.5 Å². The van der Waals surface area contributed by atoms with Gasteiger partial charge in [-0.3, -0.25) is 4.79 Å². The molecule has 1 saturated heterocycles. The lowest BCUT2D eigenvalue weighted by Crippen LogP contribution is -2.30. The fourth-order valence-electron chi connectivity index (χ4n) is 3.31. The molecule has 0 bridgehead atoms. The number of halogens is 2. The van der Waals surface area contributed by atoms with Crippen molar-refractivity contribution in [3.63, 3.8) is 0 Å². The summed E-state index contributed by atoms with van der Waals surface area (Å²) in [5.41, 5.74) is 1.76. The van der Waals surface area contributed by atoms with E-state index in [9.17, 15) is 13.6 Å². The Labute approximate surface area is 149 Å². The zero-order chi connectivity index (χ0) is 18.1. The number of benzene rings is 2.